The molecule has 0 fully saturated rings. The van der Waals surface area contributed by atoms with Crippen LogP contribution in [0.1, 0.15) is 42.0 Å². The number of fused-ring (bicyclic) bond motifs is 1. The number of hydrogen-bond acceptors (Lipinski definition) is 4. The average Bonchev–Trinajstić information content (AvgIpc) is 3.11. The Hall–Kier alpha value is -3.42. The van der Waals surface area contributed by atoms with Crippen LogP contribution in [0.2, 0.25) is 0 Å². The Kier molecular flexibility index (Phi) is 5.30. The van der Waals surface area contributed by atoms with E-state index in [9.17, 15) is 4.79 Å². The van der Waals surface area contributed by atoms with Gasteiger partial charge in [0.15, 0.2) is 5.69 Å². The number of methoxy groups -OCH3 is 1. The monoisotopic (exact) mass is 380 g/mol. The second-order valence-corrected chi connectivity index (χ2v) is 7.28. The lowest BCUT2D eigenvalue weighted by atomic mass is 9.72. The van der Waals surface area contributed by atoms with Gasteiger partial charge in [0.1, 0.15) is 5.75 Å². The molecule has 1 heterocycles. The molecule has 0 atom stereocenters. The van der Waals surface area contributed by atoms with Crippen LogP contribution in [0.25, 0.3) is 0 Å². The number of anilines is 1. The summed E-state index contributed by atoms with van der Waals surface area (Å²) in [6.45, 7) is 7.51. The summed E-state index contributed by atoms with van der Waals surface area (Å²) in [5.74, 6) is 0.536. The molecule has 1 aromatic carbocycles. The SMILES string of the molecule is C=N/C(N)=N\C=C1/Cc2[nH]nc(C(=O)Nc3cccc(OC)c3)c2C(C)(C)C1. The summed E-state index contributed by atoms with van der Waals surface area (Å²) in [5, 5.41) is 10.2. The lowest BCUT2D eigenvalue weighted by molar-refractivity contribution is 0.102. The van der Waals surface area contributed by atoms with Crippen molar-refractivity contribution in [1.82, 2.24) is 10.2 Å². The van der Waals surface area contributed by atoms with Gasteiger partial charge in [0.05, 0.1) is 7.11 Å². The summed E-state index contributed by atoms with van der Waals surface area (Å²) in [6, 6.07) is 7.21. The number of ether oxygens (including phenoxy) is 1. The smallest absolute Gasteiger partial charge is 0.276 e. The van der Waals surface area contributed by atoms with Crippen LogP contribution in [0.15, 0.2) is 46.0 Å². The van der Waals surface area contributed by atoms with Crippen LogP contribution >= 0.6 is 0 Å². The van der Waals surface area contributed by atoms with Gasteiger partial charge in [0.25, 0.3) is 5.91 Å². The fourth-order valence-electron chi connectivity index (χ4n) is 3.53. The maximum atomic E-state index is 12.9. The minimum atomic E-state index is -0.292. The van der Waals surface area contributed by atoms with Crippen molar-refractivity contribution in [1.29, 1.82) is 0 Å². The Morgan fingerprint density at radius 3 is 2.96 bits per heavy atom. The predicted molar refractivity (Wildman–Crippen MR) is 110 cm³/mol. The third-order valence-electron chi connectivity index (χ3n) is 4.67. The first-order valence-electron chi connectivity index (χ1n) is 8.85. The Morgan fingerprint density at radius 2 is 2.25 bits per heavy atom. The molecule has 28 heavy (non-hydrogen) atoms. The standard InChI is InChI=1S/C20H24N6O2/c1-20(2)10-12(11-23-19(21)22-3)8-15-16(20)17(26-25-15)18(27)24-13-6-5-7-14(9-13)28-4/h5-7,9,11H,3,8,10H2,1-2,4H3,(H2,21,23)(H,24,27)(H,25,26)/b12-11+. The topological polar surface area (TPSA) is 118 Å². The first-order valence-corrected chi connectivity index (χ1v) is 8.85. The molecule has 1 aliphatic rings. The summed E-state index contributed by atoms with van der Waals surface area (Å²) < 4.78 is 5.20. The predicted octanol–water partition coefficient (Wildman–Crippen LogP) is 2.79. The molecule has 2 aromatic rings. The van der Waals surface area contributed by atoms with Gasteiger partial charge in [-0.25, -0.2) is 9.98 Å². The van der Waals surface area contributed by atoms with Crippen LogP contribution in [0, 0.1) is 0 Å². The molecule has 146 valence electrons. The highest BCUT2D eigenvalue weighted by Gasteiger charge is 2.36. The van der Waals surface area contributed by atoms with Gasteiger partial charge in [-0.2, -0.15) is 5.10 Å². The van der Waals surface area contributed by atoms with Crippen LogP contribution in [-0.2, 0) is 11.8 Å². The van der Waals surface area contributed by atoms with Crippen LogP contribution in [0.3, 0.4) is 0 Å². The molecular formula is C20H24N6O2. The van der Waals surface area contributed by atoms with Crippen molar-refractivity contribution in [3.63, 3.8) is 0 Å². The van der Waals surface area contributed by atoms with E-state index in [0.717, 1.165) is 23.3 Å². The number of carbonyl (C=O) groups excluding carboxylic acids is 1. The highest BCUT2D eigenvalue weighted by atomic mass is 16.5. The lowest BCUT2D eigenvalue weighted by Gasteiger charge is -2.31. The van der Waals surface area contributed by atoms with E-state index in [0.29, 0.717) is 23.6 Å². The number of aliphatic imine (C=N–C) groups is 2. The second kappa shape index (κ2) is 7.67. The number of carbonyl (C=O) groups is 1. The number of aromatic amines is 1. The van der Waals surface area contributed by atoms with Crippen LogP contribution in [0.4, 0.5) is 5.69 Å². The molecule has 4 N–H and O–H groups in total. The zero-order valence-corrected chi connectivity index (χ0v) is 16.2. The summed E-state index contributed by atoms with van der Waals surface area (Å²) >= 11 is 0. The van der Waals surface area contributed by atoms with Crippen LogP contribution in [-0.4, -0.2) is 35.9 Å². The molecule has 8 nitrogen and oxygen atoms in total. The second-order valence-electron chi connectivity index (χ2n) is 7.28. The maximum Gasteiger partial charge on any atom is 0.276 e. The number of nitrogens with zero attached hydrogens (tertiary/aromatic N) is 3. The van der Waals surface area contributed by atoms with Crippen LogP contribution in [0.5, 0.6) is 5.75 Å². The Labute approximate surface area is 163 Å². The quantitative estimate of drug-likeness (QED) is 0.558. The fourth-order valence-corrected chi connectivity index (χ4v) is 3.53. The summed E-state index contributed by atoms with van der Waals surface area (Å²) in [6.07, 6.45) is 3.06. The molecule has 1 aliphatic carbocycles. The summed E-state index contributed by atoms with van der Waals surface area (Å²) in [5.41, 5.74) is 9.24. The third-order valence-corrected chi connectivity index (χ3v) is 4.67. The number of rotatable bonds is 4. The number of H-pyrrole nitrogens is 1. The number of allylic oxidation sites excluding steroid dienone is 1. The molecule has 0 saturated carbocycles. The van der Waals surface area contributed by atoms with Crippen molar-refractivity contribution < 1.29 is 9.53 Å². The zero-order valence-electron chi connectivity index (χ0n) is 16.2. The van der Waals surface area contributed by atoms with E-state index in [1.807, 2.05) is 18.2 Å². The molecule has 0 saturated heterocycles. The Balaban J connectivity index is 1.88. The number of amides is 1. The minimum Gasteiger partial charge on any atom is -0.497 e. The minimum absolute atomic E-state index is 0.124. The van der Waals surface area contributed by atoms with Gasteiger partial charge in [0.2, 0.25) is 5.96 Å². The van der Waals surface area contributed by atoms with Crippen molar-refractivity contribution in [2.75, 3.05) is 12.4 Å². The van der Waals surface area contributed by atoms with E-state index in [1.165, 1.54) is 0 Å². The molecular weight excluding hydrogens is 356 g/mol. The zero-order chi connectivity index (χ0) is 20.3. The van der Waals surface area contributed by atoms with Gasteiger partial charge in [-0.05, 0) is 36.3 Å². The van der Waals surface area contributed by atoms with E-state index >= 15 is 0 Å². The first-order chi connectivity index (χ1) is 13.3. The summed E-state index contributed by atoms with van der Waals surface area (Å²) in [4.78, 5) is 20.5. The molecule has 1 aromatic heterocycles. The normalized spacial score (nSPS) is 17.1. The molecule has 0 radical (unpaired) electrons. The number of nitrogens with one attached hydrogen (secondary N) is 2. The molecule has 0 unspecified atom stereocenters. The van der Waals surface area contributed by atoms with Crippen molar-refractivity contribution in [2.45, 2.75) is 32.1 Å². The number of aromatic nitrogens is 2. The van der Waals surface area contributed by atoms with Gasteiger partial charge < -0.3 is 15.8 Å². The molecule has 0 bridgehead atoms. The molecule has 0 spiro atoms. The summed E-state index contributed by atoms with van der Waals surface area (Å²) in [7, 11) is 1.58. The van der Waals surface area contributed by atoms with Crippen molar-refractivity contribution >= 4 is 24.3 Å². The first kappa shape index (κ1) is 19.3. The molecule has 1 amide bonds. The average molecular weight is 380 g/mol. The number of hydrogen-bond donors (Lipinski definition) is 3. The largest absolute Gasteiger partial charge is 0.497 e. The lowest BCUT2D eigenvalue weighted by Crippen LogP contribution is -2.28. The van der Waals surface area contributed by atoms with Gasteiger partial charge in [-0.1, -0.05) is 19.9 Å². The molecule has 0 aliphatic heterocycles. The van der Waals surface area contributed by atoms with E-state index in [1.54, 1.807) is 19.4 Å². The van der Waals surface area contributed by atoms with E-state index in [2.05, 4.69) is 46.1 Å². The Bertz CT molecular complexity index is 971. The van der Waals surface area contributed by atoms with Gasteiger partial charge in [0, 0.05) is 35.6 Å². The van der Waals surface area contributed by atoms with Gasteiger partial charge in [-0.3, -0.25) is 9.89 Å². The van der Waals surface area contributed by atoms with E-state index < -0.39 is 0 Å². The fraction of sp³-hybridized carbons (Fsp3) is 0.300. The third kappa shape index (κ3) is 3.95. The van der Waals surface area contributed by atoms with E-state index in [-0.39, 0.29) is 17.3 Å². The van der Waals surface area contributed by atoms with Crippen LogP contribution < -0.4 is 15.8 Å². The van der Waals surface area contributed by atoms with Gasteiger partial charge >= 0.3 is 0 Å². The van der Waals surface area contributed by atoms with E-state index in [4.69, 9.17) is 10.5 Å². The molecule has 8 heteroatoms. The number of guanidine groups is 1. The number of nitrogens with two attached hydrogens (primary N) is 1. The van der Waals surface area contributed by atoms with Crippen molar-refractivity contribution in [3.8, 4) is 5.75 Å². The maximum absolute atomic E-state index is 12.9. The van der Waals surface area contributed by atoms with Gasteiger partial charge in [-0.15, -0.1) is 0 Å². The highest BCUT2D eigenvalue weighted by molar-refractivity contribution is 6.04. The number of benzene rings is 1. The van der Waals surface area contributed by atoms with Crippen molar-refractivity contribution in [3.05, 3.63) is 53.0 Å². The van der Waals surface area contributed by atoms with Crippen molar-refractivity contribution in [2.24, 2.45) is 15.7 Å². The highest BCUT2D eigenvalue weighted by Crippen LogP contribution is 2.40. The molecule has 3 rings (SSSR count). The Morgan fingerprint density at radius 1 is 1.46 bits per heavy atom.